The maximum Gasteiger partial charge on any atom is 0.490 e. The van der Waals surface area contributed by atoms with Crippen LogP contribution >= 0.6 is 0 Å². The van der Waals surface area contributed by atoms with Crippen molar-refractivity contribution in [2.24, 2.45) is 0 Å². The second-order valence-electron chi connectivity index (χ2n) is 9.97. The minimum absolute atomic E-state index is 0.0192. The molecule has 0 amide bonds. The summed E-state index contributed by atoms with van der Waals surface area (Å²) in [7, 11) is -1.74. The van der Waals surface area contributed by atoms with Crippen molar-refractivity contribution in [2.45, 2.75) is 41.1 Å². The molecule has 2 atom stereocenters. The number of benzene rings is 1. The summed E-state index contributed by atoms with van der Waals surface area (Å²) in [6.07, 6.45) is -9.98. The molecule has 2 aliphatic rings. The number of fused-ring (bicyclic) bond motifs is 3. The number of carboxylic acids is 3. The molecule has 4 heterocycles. The third-order valence-electron chi connectivity index (χ3n) is 6.59. The number of hydrogen-bond acceptors (Lipinski definition) is 9. The van der Waals surface area contributed by atoms with Crippen molar-refractivity contribution < 1.29 is 82.4 Å². The van der Waals surface area contributed by atoms with Gasteiger partial charge >= 0.3 is 36.4 Å². The first-order valence-corrected chi connectivity index (χ1v) is 14.8. The highest BCUT2D eigenvalue weighted by Gasteiger charge is 2.50. The van der Waals surface area contributed by atoms with Gasteiger partial charge in [-0.1, -0.05) is 12.1 Å². The predicted molar refractivity (Wildman–Crippen MR) is 151 cm³/mol. The fourth-order valence-electron chi connectivity index (χ4n) is 4.55. The molecular formula is C28H24F9N3O9S. The quantitative estimate of drug-likeness (QED) is 0.310. The third kappa shape index (κ3) is 11.0. The minimum Gasteiger partial charge on any atom is -0.481 e. The van der Waals surface area contributed by atoms with Crippen LogP contribution in [0.4, 0.5) is 39.5 Å². The molecule has 0 saturated carbocycles. The van der Waals surface area contributed by atoms with E-state index in [1.807, 2.05) is 42.6 Å². The number of rotatable bonds is 4. The molecule has 22 heteroatoms. The lowest BCUT2D eigenvalue weighted by atomic mass is 9.95. The highest BCUT2D eigenvalue weighted by Crippen LogP contribution is 2.46. The molecule has 0 bridgehead atoms. The van der Waals surface area contributed by atoms with Gasteiger partial charge in [-0.25, -0.2) is 27.8 Å². The predicted octanol–water partition coefficient (Wildman–Crippen LogP) is 4.81. The zero-order valence-electron chi connectivity index (χ0n) is 25.0. The van der Waals surface area contributed by atoms with Gasteiger partial charge in [0.05, 0.1) is 17.3 Å². The molecule has 3 aromatic rings. The largest absolute Gasteiger partial charge is 0.490 e. The van der Waals surface area contributed by atoms with Crippen molar-refractivity contribution in [3.63, 3.8) is 0 Å². The van der Waals surface area contributed by atoms with Crippen molar-refractivity contribution in [2.75, 3.05) is 20.2 Å². The number of pyridine rings is 2. The summed E-state index contributed by atoms with van der Waals surface area (Å²) in [5.41, 5.74) is 3.80. The van der Waals surface area contributed by atoms with Crippen molar-refractivity contribution >= 4 is 27.7 Å². The Bertz CT molecular complexity index is 1710. The molecule has 12 nitrogen and oxygen atoms in total. The Morgan fingerprint density at radius 3 is 1.82 bits per heavy atom. The Morgan fingerprint density at radius 1 is 0.840 bits per heavy atom. The molecule has 2 aliphatic heterocycles. The van der Waals surface area contributed by atoms with Crippen LogP contribution in [0.25, 0.3) is 11.1 Å². The summed E-state index contributed by atoms with van der Waals surface area (Å²) in [4.78, 5) is 37.8. The number of carbonyl (C=O) groups is 3. The highest BCUT2D eigenvalue weighted by molar-refractivity contribution is 7.92. The molecule has 3 N–H and O–H groups in total. The van der Waals surface area contributed by atoms with Crippen molar-refractivity contribution in [1.82, 2.24) is 14.9 Å². The number of hydrogen-bond donors (Lipinski definition) is 3. The fraction of sp³-hybridized carbons (Fsp3) is 0.321. The van der Waals surface area contributed by atoms with Gasteiger partial charge in [-0.2, -0.15) is 39.5 Å². The lowest BCUT2D eigenvalue weighted by molar-refractivity contribution is -0.193. The van der Waals surface area contributed by atoms with Crippen LogP contribution in [0.2, 0.25) is 0 Å². The molecule has 50 heavy (non-hydrogen) atoms. The second kappa shape index (κ2) is 16.1. The van der Waals surface area contributed by atoms with E-state index in [-0.39, 0.29) is 11.2 Å². The van der Waals surface area contributed by atoms with Crippen LogP contribution in [0.15, 0.2) is 66.0 Å². The molecule has 274 valence electrons. The van der Waals surface area contributed by atoms with Gasteiger partial charge in [0.15, 0.2) is 9.84 Å². The Hall–Kier alpha value is -4.99. The molecule has 1 saturated heterocycles. The molecule has 5 rings (SSSR count). The average Bonchev–Trinajstić information content (AvgIpc) is 3.53. The molecule has 1 fully saturated rings. The third-order valence-corrected chi connectivity index (χ3v) is 8.85. The number of aliphatic carboxylic acids is 3. The number of alkyl halides is 9. The number of likely N-dealkylation sites (tertiary alicyclic amines) is 1. The van der Waals surface area contributed by atoms with Gasteiger partial charge in [0, 0.05) is 49.7 Å². The van der Waals surface area contributed by atoms with E-state index < -0.39 is 46.3 Å². The number of carboxylic acid groups (broad SMARTS) is 3. The minimum atomic E-state index is -5.08. The van der Waals surface area contributed by atoms with Gasteiger partial charge < -0.3 is 20.1 Å². The van der Waals surface area contributed by atoms with Crippen molar-refractivity contribution in [3.8, 4) is 17.0 Å². The van der Waals surface area contributed by atoms with Crippen molar-refractivity contribution in [1.29, 1.82) is 0 Å². The van der Waals surface area contributed by atoms with Gasteiger partial charge in [-0.05, 0) is 47.0 Å². The standard InChI is InChI=1S/C22H21N3O3S.3C2HF3O2/c1-28-22-17(5-3-9-24-22)16-6-7-20-18(10-16)19-13-25(14-21(19)29(20,26)27)12-15-4-2-8-23-11-15;3*3-2(4,5)1(6)7/h2-11,19,21H,12-14H2,1H3;3*(H,6,7). The first-order chi connectivity index (χ1) is 22.9. The Kier molecular flexibility index (Phi) is 13.3. The van der Waals surface area contributed by atoms with Gasteiger partial charge in [0.2, 0.25) is 5.88 Å². The first-order valence-electron chi connectivity index (χ1n) is 13.3. The van der Waals surface area contributed by atoms with Crippen molar-refractivity contribution in [3.05, 3.63) is 72.2 Å². The summed E-state index contributed by atoms with van der Waals surface area (Å²) in [5.74, 6) is -7.75. The normalized spacial score (nSPS) is 17.6. The van der Waals surface area contributed by atoms with Crippen LogP contribution in [-0.4, -0.2) is 100 Å². The summed E-state index contributed by atoms with van der Waals surface area (Å²) < 4.78 is 127. The maximum absolute atomic E-state index is 13.2. The van der Waals surface area contributed by atoms with E-state index in [9.17, 15) is 47.9 Å². The number of sulfone groups is 1. The Morgan fingerprint density at radius 2 is 1.36 bits per heavy atom. The Labute approximate surface area is 275 Å². The molecule has 2 unspecified atom stereocenters. The molecule has 0 radical (unpaired) electrons. The van der Waals surface area contributed by atoms with Crippen LogP contribution < -0.4 is 4.74 Å². The van der Waals surface area contributed by atoms with Gasteiger partial charge in [-0.3, -0.25) is 9.88 Å². The lowest BCUT2D eigenvalue weighted by Gasteiger charge is -2.17. The average molecular weight is 750 g/mol. The van der Waals surface area contributed by atoms with E-state index in [0.717, 1.165) is 28.8 Å². The molecule has 2 aromatic heterocycles. The molecular weight excluding hydrogens is 725 g/mol. The number of methoxy groups -OCH3 is 1. The lowest BCUT2D eigenvalue weighted by Crippen LogP contribution is -2.25. The topological polar surface area (TPSA) is 184 Å². The van der Waals surface area contributed by atoms with E-state index in [4.69, 9.17) is 34.4 Å². The monoisotopic (exact) mass is 749 g/mol. The second-order valence-corrected chi connectivity index (χ2v) is 12.1. The van der Waals surface area contributed by atoms with E-state index in [0.29, 0.717) is 23.9 Å². The number of nitrogens with zero attached hydrogens (tertiary/aromatic N) is 3. The molecule has 0 spiro atoms. The zero-order chi connectivity index (χ0) is 38.2. The summed E-state index contributed by atoms with van der Waals surface area (Å²) in [6, 6.07) is 13.3. The van der Waals surface area contributed by atoms with Crippen LogP contribution in [0.3, 0.4) is 0 Å². The zero-order valence-corrected chi connectivity index (χ0v) is 25.8. The first kappa shape index (κ1) is 41.2. The summed E-state index contributed by atoms with van der Waals surface area (Å²) >= 11 is 0. The highest BCUT2D eigenvalue weighted by atomic mass is 32.2. The van der Waals surface area contributed by atoms with E-state index in [1.54, 1.807) is 25.6 Å². The Balaban J connectivity index is 0.000000338. The number of ether oxygens (including phenoxy) is 1. The van der Waals surface area contributed by atoms with Crippen LogP contribution in [0.5, 0.6) is 5.88 Å². The van der Waals surface area contributed by atoms with Crippen LogP contribution in [0, 0.1) is 0 Å². The van der Waals surface area contributed by atoms with Crippen LogP contribution in [-0.2, 0) is 30.8 Å². The fourth-order valence-corrected chi connectivity index (χ4v) is 6.74. The number of aromatic nitrogens is 2. The summed E-state index contributed by atoms with van der Waals surface area (Å²) in [6.45, 7) is 1.98. The molecule has 1 aromatic carbocycles. The van der Waals surface area contributed by atoms with Gasteiger partial charge in [0.25, 0.3) is 0 Å². The van der Waals surface area contributed by atoms with Crippen LogP contribution in [0.1, 0.15) is 17.0 Å². The number of halogens is 9. The van der Waals surface area contributed by atoms with E-state index in [1.165, 1.54) is 0 Å². The van der Waals surface area contributed by atoms with Gasteiger partial charge in [-0.15, -0.1) is 0 Å². The SMILES string of the molecule is COc1ncccc1-c1ccc2c(c1)C1CN(Cc3cccnc3)CC1S2(=O)=O.O=C(O)C(F)(F)F.O=C(O)C(F)(F)F.O=C(O)C(F)(F)F. The van der Waals surface area contributed by atoms with E-state index in [2.05, 4.69) is 14.9 Å². The van der Waals surface area contributed by atoms with Gasteiger partial charge in [0.1, 0.15) is 0 Å². The van der Waals surface area contributed by atoms with E-state index >= 15 is 0 Å². The summed E-state index contributed by atoms with van der Waals surface area (Å²) in [5, 5.41) is 21.0. The maximum atomic E-state index is 13.2. The molecule has 0 aliphatic carbocycles. The smallest absolute Gasteiger partial charge is 0.481 e.